The van der Waals surface area contributed by atoms with Crippen LogP contribution in [0.2, 0.25) is 0 Å². The average molecular weight is 352 g/mol. The number of hydrogen-bond donors (Lipinski definition) is 1. The number of anilines is 1. The van der Waals surface area contributed by atoms with Crippen LogP contribution in [0.1, 0.15) is 0 Å². The average Bonchev–Trinajstić information content (AvgIpc) is 2.89. The van der Waals surface area contributed by atoms with E-state index in [9.17, 15) is 8.78 Å². The third kappa shape index (κ3) is 2.62. The molecule has 0 aliphatic heterocycles. The van der Waals surface area contributed by atoms with Gasteiger partial charge in [0.05, 0.1) is 0 Å². The first-order chi connectivity index (χ1) is 10.0. The van der Waals surface area contributed by atoms with E-state index in [1.807, 2.05) is 0 Å². The minimum absolute atomic E-state index is 0.146. The van der Waals surface area contributed by atoms with Gasteiger partial charge in [-0.25, -0.2) is 8.78 Å². The van der Waals surface area contributed by atoms with Crippen LogP contribution in [0.3, 0.4) is 0 Å². The molecule has 0 aliphatic rings. The summed E-state index contributed by atoms with van der Waals surface area (Å²) in [5.74, 6) is -0.830. The van der Waals surface area contributed by atoms with Crippen LogP contribution in [-0.4, -0.2) is 20.2 Å². The highest BCUT2D eigenvalue weighted by molar-refractivity contribution is 9.10. The van der Waals surface area contributed by atoms with Crippen molar-refractivity contribution >= 4 is 21.6 Å². The third-order valence-electron chi connectivity index (χ3n) is 2.78. The zero-order valence-corrected chi connectivity index (χ0v) is 12.1. The number of nitrogens with two attached hydrogens (primary N) is 1. The van der Waals surface area contributed by atoms with E-state index in [1.54, 1.807) is 6.07 Å². The topological polar surface area (TPSA) is 69.6 Å². The second-order valence-corrected chi connectivity index (χ2v) is 5.20. The van der Waals surface area contributed by atoms with Crippen molar-refractivity contribution in [2.75, 3.05) is 5.73 Å². The Balaban J connectivity index is 2.19. The maximum atomic E-state index is 14.0. The number of tetrazole rings is 1. The van der Waals surface area contributed by atoms with Gasteiger partial charge in [0.2, 0.25) is 0 Å². The highest BCUT2D eigenvalue weighted by Gasteiger charge is 2.15. The minimum Gasteiger partial charge on any atom is -0.399 e. The Hall–Kier alpha value is -2.35. The minimum atomic E-state index is -0.519. The summed E-state index contributed by atoms with van der Waals surface area (Å²) in [4.78, 5) is 0. The Morgan fingerprint density at radius 2 is 1.90 bits per heavy atom. The van der Waals surface area contributed by atoms with E-state index >= 15 is 0 Å². The second kappa shape index (κ2) is 5.21. The smallest absolute Gasteiger partial charge is 0.187 e. The van der Waals surface area contributed by atoms with Gasteiger partial charge >= 0.3 is 0 Å². The maximum absolute atomic E-state index is 14.0. The summed E-state index contributed by atoms with van der Waals surface area (Å²) in [7, 11) is 0. The Bertz CT molecular complexity index is 798. The van der Waals surface area contributed by atoms with Gasteiger partial charge in [-0.3, -0.25) is 0 Å². The van der Waals surface area contributed by atoms with Crippen molar-refractivity contribution in [3.05, 3.63) is 52.5 Å². The van der Waals surface area contributed by atoms with Gasteiger partial charge in [0.1, 0.15) is 17.3 Å². The largest absolute Gasteiger partial charge is 0.399 e. The van der Waals surface area contributed by atoms with Crippen molar-refractivity contribution in [2.24, 2.45) is 0 Å². The van der Waals surface area contributed by atoms with Crippen LogP contribution < -0.4 is 5.73 Å². The van der Waals surface area contributed by atoms with E-state index in [0.717, 1.165) is 0 Å². The third-order valence-corrected chi connectivity index (χ3v) is 3.28. The molecule has 21 heavy (non-hydrogen) atoms. The molecule has 0 saturated carbocycles. The van der Waals surface area contributed by atoms with Crippen LogP contribution in [0, 0.1) is 11.6 Å². The van der Waals surface area contributed by atoms with Crippen LogP contribution in [0.15, 0.2) is 40.9 Å². The van der Waals surface area contributed by atoms with Gasteiger partial charge in [-0.15, -0.1) is 5.10 Å². The van der Waals surface area contributed by atoms with Gasteiger partial charge < -0.3 is 5.73 Å². The molecule has 8 heteroatoms. The fourth-order valence-electron chi connectivity index (χ4n) is 1.92. The van der Waals surface area contributed by atoms with Gasteiger partial charge in [-0.2, -0.15) is 4.68 Å². The van der Waals surface area contributed by atoms with E-state index in [2.05, 4.69) is 31.5 Å². The molecular weight excluding hydrogens is 344 g/mol. The number of aromatic nitrogens is 4. The van der Waals surface area contributed by atoms with Gasteiger partial charge in [0.25, 0.3) is 0 Å². The lowest BCUT2D eigenvalue weighted by molar-refractivity contribution is 0.607. The number of halogens is 3. The normalized spacial score (nSPS) is 10.8. The van der Waals surface area contributed by atoms with Crippen molar-refractivity contribution in [2.45, 2.75) is 0 Å². The SMILES string of the molecule is Nc1cc(F)cc(-c2nnnn2-c2cc(Br)ccc2F)c1. The van der Waals surface area contributed by atoms with Gasteiger partial charge in [-0.1, -0.05) is 15.9 Å². The molecule has 2 N–H and O–H groups in total. The molecular formula is C13H8BrF2N5. The Labute approximate surface area is 126 Å². The highest BCUT2D eigenvalue weighted by Crippen LogP contribution is 2.25. The molecule has 5 nitrogen and oxygen atoms in total. The Morgan fingerprint density at radius 3 is 2.67 bits per heavy atom. The second-order valence-electron chi connectivity index (χ2n) is 4.28. The van der Waals surface area contributed by atoms with E-state index < -0.39 is 11.6 Å². The lowest BCUT2D eigenvalue weighted by Gasteiger charge is -2.07. The molecule has 0 saturated heterocycles. The highest BCUT2D eigenvalue weighted by atomic mass is 79.9. The molecule has 0 radical (unpaired) electrons. The van der Waals surface area contributed by atoms with Crippen LogP contribution in [-0.2, 0) is 0 Å². The molecule has 0 spiro atoms. The van der Waals surface area contributed by atoms with Crippen molar-refractivity contribution in [3.8, 4) is 17.1 Å². The summed E-state index contributed by atoms with van der Waals surface area (Å²) in [5.41, 5.74) is 6.34. The summed E-state index contributed by atoms with van der Waals surface area (Å²) >= 11 is 3.26. The van der Waals surface area contributed by atoms with Crippen LogP contribution in [0.4, 0.5) is 14.5 Å². The monoisotopic (exact) mass is 351 g/mol. The summed E-state index contributed by atoms with van der Waals surface area (Å²) in [5, 5.41) is 11.1. The first kappa shape index (κ1) is 13.6. The fourth-order valence-corrected chi connectivity index (χ4v) is 2.27. The first-order valence-corrected chi connectivity index (χ1v) is 6.64. The molecule has 0 atom stereocenters. The van der Waals surface area contributed by atoms with Crippen molar-refractivity contribution in [1.82, 2.24) is 20.2 Å². The van der Waals surface area contributed by atoms with Gasteiger partial charge in [0.15, 0.2) is 5.82 Å². The van der Waals surface area contributed by atoms with E-state index in [1.165, 1.54) is 35.0 Å². The summed E-state index contributed by atoms with van der Waals surface area (Å²) in [6.07, 6.45) is 0. The van der Waals surface area contributed by atoms with Crippen molar-refractivity contribution < 1.29 is 8.78 Å². The molecule has 1 aromatic heterocycles. The summed E-state index contributed by atoms with van der Waals surface area (Å²) in [6, 6.07) is 8.29. The zero-order valence-electron chi connectivity index (χ0n) is 10.5. The molecule has 0 fully saturated rings. The molecule has 3 rings (SSSR count). The van der Waals surface area contributed by atoms with Crippen LogP contribution in [0.25, 0.3) is 17.1 Å². The molecule has 0 amide bonds. The first-order valence-electron chi connectivity index (χ1n) is 5.85. The number of rotatable bonds is 2. The zero-order chi connectivity index (χ0) is 15.0. The number of nitrogens with zero attached hydrogens (tertiary/aromatic N) is 4. The molecule has 0 bridgehead atoms. The molecule has 2 aromatic carbocycles. The molecule has 0 aliphatic carbocycles. The molecule has 106 valence electrons. The molecule has 0 unspecified atom stereocenters. The van der Waals surface area contributed by atoms with Crippen molar-refractivity contribution in [3.63, 3.8) is 0 Å². The van der Waals surface area contributed by atoms with E-state index in [-0.39, 0.29) is 17.2 Å². The Kier molecular flexibility index (Phi) is 3.38. The van der Waals surface area contributed by atoms with Crippen LogP contribution >= 0.6 is 15.9 Å². The van der Waals surface area contributed by atoms with Gasteiger partial charge in [-0.05, 0) is 46.8 Å². The summed E-state index contributed by atoms with van der Waals surface area (Å²) in [6.45, 7) is 0. The van der Waals surface area contributed by atoms with Gasteiger partial charge in [0, 0.05) is 15.7 Å². The van der Waals surface area contributed by atoms with Crippen molar-refractivity contribution in [1.29, 1.82) is 0 Å². The molecule has 1 heterocycles. The number of hydrogen-bond acceptors (Lipinski definition) is 4. The number of benzene rings is 2. The maximum Gasteiger partial charge on any atom is 0.187 e. The Morgan fingerprint density at radius 1 is 1.10 bits per heavy atom. The summed E-state index contributed by atoms with van der Waals surface area (Å²) < 4.78 is 29.3. The quantitative estimate of drug-likeness (QED) is 0.720. The number of nitrogen functional groups attached to an aromatic ring is 1. The fraction of sp³-hybridized carbons (Fsp3) is 0. The molecule has 3 aromatic rings. The lowest BCUT2D eigenvalue weighted by atomic mass is 10.2. The predicted molar refractivity (Wildman–Crippen MR) is 76.6 cm³/mol. The standard InChI is InChI=1S/C13H8BrF2N5/c14-8-1-2-11(16)12(5-8)21-13(18-19-20-21)7-3-9(15)6-10(17)4-7/h1-6H,17H2. The van der Waals surface area contributed by atoms with Crippen LogP contribution in [0.5, 0.6) is 0 Å². The predicted octanol–water partition coefficient (Wildman–Crippen LogP) is 2.95. The lowest BCUT2D eigenvalue weighted by Crippen LogP contribution is -2.03. The van der Waals surface area contributed by atoms with E-state index in [4.69, 9.17) is 5.73 Å². The van der Waals surface area contributed by atoms with E-state index in [0.29, 0.717) is 10.0 Å².